The zero-order chi connectivity index (χ0) is 9.14. The molecule has 4 nitrogen and oxygen atoms in total. The molecule has 1 amide bonds. The summed E-state index contributed by atoms with van der Waals surface area (Å²) in [7, 11) is 1.31. The van der Waals surface area contributed by atoms with Crippen molar-refractivity contribution in [1.82, 2.24) is 0 Å². The monoisotopic (exact) mass is 167 g/mol. The maximum absolute atomic E-state index is 11.0. The van der Waals surface area contributed by atoms with Crippen molar-refractivity contribution >= 4 is 17.6 Å². The van der Waals surface area contributed by atoms with Gasteiger partial charge in [-0.25, -0.2) is 4.99 Å². The summed E-state index contributed by atoms with van der Waals surface area (Å²) < 4.78 is 4.51. The fourth-order valence-corrected chi connectivity index (χ4v) is 0.975. The van der Waals surface area contributed by atoms with Crippen molar-refractivity contribution in [3.05, 3.63) is 12.2 Å². The van der Waals surface area contributed by atoms with Crippen LogP contribution in [-0.4, -0.2) is 24.7 Å². The van der Waals surface area contributed by atoms with Crippen molar-refractivity contribution in [3.8, 4) is 0 Å². The van der Waals surface area contributed by atoms with Crippen LogP contribution in [0.3, 0.4) is 0 Å². The number of hydrogen-bond acceptors (Lipinski definition) is 3. The van der Waals surface area contributed by atoms with Crippen LogP contribution in [0, 0.1) is 5.92 Å². The zero-order valence-electron chi connectivity index (χ0n) is 6.90. The molecule has 1 rings (SSSR count). The molecular formula is C8H9NO3. The molecule has 1 heterocycles. The molecular weight excluding hydrogens is 158 g/mol. The van der Waals surface area contributed by atoms with Crippen molar-refractivity contribution in [1.29, 1.82) is 0 Å². The number of methoxy groups -OCH3 is 1. The molecule has 1 unspecified atom stereocenters. The Hall–Kier alpha value is -1.45. The summed E-state index contributed by atoms with van der Waals surface area (Å²) in [4.78, 5) is 25.3. The fourth-order valence-electron chi connectivity index (χ4n) is 0.975. The van der Waals surface area contributed by atoms with Gasteiger partial charge in [0, 0.05) is 11.8 Å². The number of carbonyl (C=O) groups excluding carboxylic acids is 2. The second kappa shape index (κ2) is 3.30. The maximum Gasteiger partial charge on any atom is 0.318 e. The van der Waals surface area contributed by atoms with Crippen LogP contribution in [0.1, 0.15) is 6.92 Å². The second-order valence-electron chi connectivity index (χ2n) is 2.45. The first-order chi connectivity index (χ1) is 5.65. The number of dihydropyridines is 1. The molecule has 0 aromatic heterocycles. The van der Waals surface area contributed by atoms with Crippen molar-refractivity contribution < 1.29 is 14.3 Å². The van der Waals surface area contributed by atoms with Gasteiger partial charge >= 0.3 is 5.97 Å². The molecule has 1 atom stereocenters. The van der Waals surface area contributed by atoms with Crippen molar-refractivity contribution in [2.45, 2.75) is 6.92 Å². The summed E-state index contributed by atoms with van der Waals surface area (Å²) >= 11 is 0. The van der Waals surface area contributed by atoms with Crippen LogP contribution in [0.5, 0.6) is 0 Å². The number of hydrogen-bond donors (Lipinski definition) is 0. The van der Waals surface area contributed by atoms with E-state index in [9.17, 15) is 9.59 Å². The summed E-state index contributed by atoms with van der Waals surface area (Å²) in [6, 6.07) is 0. The molecule has 0 spiro atoms. The van der Waals surface area contributed by atoms with E-state index < -0.39 is 5.92 Å². The highest BCUT2D eigenvalue weighted by Crippen LogP contribution is 2.09. The molecule has 0 radical (unpaired) electrons. The van der Waals surface area contributed by atoms with Crippen LogP contribution in [0.15, 0.2) is 17.1 Å². The van der Waals surface area contributed by atoms with E-state index in [1.165, 1.54) is 19.3 Å². The third-order valence-corrected chi connectivity index (χ3v) is 1.62. The Morgan fingerprint density at radius 1 is 1.67 bits per heavy atom. The lowest BCUT2D eigenvalue weighted by atomic mass is 10.0. The van der Waals surface area contributed by atoms with E-state index in [1.54, 1.807) is 6.92 Å². The number of carbonyl (C=O) groups is 2. The zero-order valence-corrected chi connectivity index (χ0v) is 6.90. The fraction of sp³-hybridized carbons (Fsp3) is 0.375. The third kappa shape index (κ3) is 1.58. The summed E-state index contributed by atoms with van der Waals surface area (Å²) in [5.74, 6) is -1.21. The molecule has 1 aliphatic rings. The van der Waals surface area contributed by atoms with E-state index in [0.717, 1.165) is 0 Å². The van der Waals surface area contributed by atoms with Crippen molar-refractivity contribution in [2.75, 3.05) is 7.11 Å². The molecule has 64 valence electrons. The van der Waals surface area contributed by atoms with Gasteiger partial charge < -0.3 is 4.74 Å². The number of aliphatic imine (C=N–C) groups is 1. The van der Waals surface area contributed by atoms with Crippen molar-refractivity contribution in [2.24, 2.45) is 10.9 Å². The quantitative estimate of drug-likeness (QED) is 0.529. The Labute approximate surface area is 69.9 Å². The first-order valence-electron chi connectivity index (χ1n) is 3.50. The molecule has 0 aromatic rings. The SMILES string of the molecule is COC(=O)C1C=CC(=O)N=C1C. The average Bonchev–Trinajstić information content (AvgIpc) is 2.03. The largest absolute Gasteiger partial charge is 0.468 e. The van der Waals surface area contributed by atoms with Crippen LogP contribution in [0.2, 0.25) is 0 Å². The highest BCUT2D eigenvalue weighted by atomic mass is 16.5. The predicted molar refractivity (Wildman–Crippen MR) is 42.8 cm³/mol. The highest BCUT2D eigenvalue weighted by molar-refractivity contribution is 6.11. The summed E-state index contributed by atoms with van der Waals surface area (Å²) in [6.07, 6.45) is 2.77. The van der Waals surface area contributed by atoms with E-state index in [0.29, 0.717) is 5.71 Å². The minimum Gasteiger partial charge on any atom is -0.468 e. The average molecular weight is 167 g/mol. The van der Waals surface area contributed by atoms with E-state index in [-0.39, 0.29) is 11.9 Å². The van der Waals surface area contributed by atoms with E-state index in [4.69, 9.17) is 0 Å². The van der Waals surface area contributed by atoms with Gasteiger partial charge in [0.25, 0.3) is 5.91 Å². The van der Waals surface area contributed by atoms with Crippen molar-refractivity contribution in [3.63, 3.8) is 0 Å². The minimum absolute atomic E-state index is 0.326. The van der Waals surface area contributed by atoms with Gasteiger partial charge in [0.05, 0.1) is 7.11 Å². The van der Waals surface area contributed by atoms with Gasteiger partial charge in [0.15, 0.2) is 0 Å². The molecule has 0 N–H and O–H groups in total. The molecule has 0 saturated carbocycles. The van der Waals surface area contributed by atoms with Gasteiger partial charge in [-0.05, 0) is 6.92 Å². The first kappa shape index (κ1) is 8.64. The molecule has 0 bridgehead atoms. The lowest BCUT2D eigenvalue weighted by Crippen LogP contribution is -2.24. The Kier molecular flexibility index (Phi) is 2.38. The minimum atomic E-state index is -0.493. The van der Waals surface area contributed by atoms with Crippen LogP contribution in [-0.2, 0) is 14.3 Å². The van der Waals surface area contributed by atoms with Crippen LogP contribution >= 0.6 is 0 Å². The number of rotatable bonds is 1. The number of esters is 1. The number of amides is 1. The molecule has 0 fully saturated rings. The summed E-state index contributed by atoms with van der Waals surface area (Å²) in [6.45, 7) is 1.63. The summed E-state index contributed by atoms with van der Waals surface area (Å²) in [5, 5.41) is 0. The van der Waals surface area contributed by atoms with Gasteiger partial charge in [-0.1, -0.05) is 6.08 Å². The first-order valence-corrected chi connectivity index (χ1v) is 3.50. The third-order valence-electron chi connectivity index (χ3n) is 1.62. The predicted octanol–water partition coefficient (Wildman–Crippen LogP) is 0.333. The lowest BCUT2D eigenvalue weighted by Gasteiger charge is -2.11. The van der Waals surface area contributed by atoms with E-state index >= 15 is 0 Å². The van der Waals surface area contributed by atoms with Gasteiger partial charge in [0.2, 0.25) is 0 Å². The highest BCUT2D eigenvalue weighted by Gasteiger charge is 2.22. The number of nitrogens with zero attached hydrogens (tertiary/aromatic N) is 1. The lowest BCUT2D eigenvalue weighted by molar-refractivity contribution is -0.141. The standard InChI is InChI=1S/C8H9NO3/c1-5-6(8(11)12-2)3-4-7(10)9-5/h3-4,6H,1-2H3. The Bertz CT molecular complexity index is 278. The molecule has 12 heavy (non-hydrogen) atoms. The van der Waals surface area contributed by atoms with Gasteiger partial charge in [-0.15, -0.1) is 0 Å². The van der Waals surface area contributed by atoms with Crippen LogP contribution in [0.4, 0.5) is 0 Å². The maximum atomic E-state index is 11.0. The van der Waals surface area contributed by atoms with Gasteiger partial charge in [0.1, 0.15) is 5.92 Å². The molecule has 0 aromatic carbocycles. The topological polar surface area (TPSA) is 55.7 Å². The Morgan fingerprint density at radius 3 is 2.83 bits per heavy atom. The smallest absolute Gasteiger partial charge is 0.318 e. The van der Waals surface area contributed by atoms with Gasteiger partial charge in [-0.2, -0.15) is 0 Å². The Morgan fingerprint density at radius 2 is 2.33 bits per heavy atom. The summed E-state index contributed by atoms with van der Waals surface area (Å²) in [5.41, 5.74) is 0.481. The molecule has 4 heteroatoms. The van der Waals surface area contributed by atoms with Gasteiger partial charge in [-0.3, -0.25) is 9.59 Å². The number of ether oxygens (including phenoxy) is 1. The van der Waals surface area contributed by atoms with E-state index in [2.05, 4.69) is 9.73 Å². The van der Waals surface area contributed by atoms with Crippen LogP contribution in [0.25, 0.3) is 0 Å². The molecule has 1 aliphatic heterocycles. The Balaban J connectivity index is 2.82. The molecule has 0 aliphatic carbocycles. The second-order valence-corrected chi connectivity index (χ2v) is 2.45. The normalized spacial score (nSPS) is 22.0. The van der Waals surface area contributed by atoms with Crippen LogP contribution < -0.4 is 0 Å². The van der Waals surface area contributed by atoms with E-state index in [1.807, 2.05) is 0 Å². The molecule has 0 saturated heterocycles.